The molecule has 0 saturated carbocycles. The van der Waals surface area contributed by atoms with Crippen LogP contribution in [0.5, 0.6) is 5.75 Å². The molecule has 1 aromatic carbocycles. The first-order valence-corrected chi connectivity index (χ1v) is 6.14. The second-order valence-corrected chi connectivity index (χ2v) is 5.23. The standard InChI is InChI=1S/C15H24O/c1-7-11-12(8-2)14(16-6)10-9-13(11)15(3,4)5/h9-10H,7-8H2,1-6H3. The van der Waals surface area contributed by atoms with Gasteiger partial charge in [0.2, 0.25) is 0 Å². The van der Waals surface area contributed by atoms with Crippen molar-refractivity contribution in [3.05, 3.63) is 28.8 Å². The molecule has 0 saturated heterocycles. The molecule has 0 amide bonds. The Morgan fingerprint density at radius 1 is 1.00 bits per heavy atom. The molecular formula is C15H24O. The summed E-state index contributed by atoms with van der Waals surface area (Å²) in [5.74, 6) is 1.03. The first kappa shape index (κ1) is 13.1. The fourth-order valence-electron chi connectivity index (χ4n) is 2.36. The van der Waals surface area contributed by atoms with Crippen LogP contribution >= 0.6 is 0 Å². The highest BCUT2D eigenvalue weighted by molar-refractivity contribution is 5.47. The van der Waals surface area contributed by atoms with Gasteiger partial charge in [0, 0.05) is 0 Å². The predicted molar refractivity (Wildman–Crippen MR) is 70.5 cm³/mol. The number of ether oxygens (including phenoxy) is 1. The van der Waals surface area contributed by atoms with Crippen LogP contribution in [0.15, 0.2) is 12.1 Å². The van der Waals surface area contributed by atoms with E-state index >= 15 is 0 Å². The predicted octanol–water partition coefficient (Wildman–Crippen LogP) is 4.12. The first-order valence-electron chi connectivity index (χ1n) is 6.14. The third kappa shape index (κ3) is 2.40. The van der Waals surface area contributed by atoms with Crippen LogP contribution in [0.4, 0.5) is 0 Å². The van der Waals surface area contributed by atoms with Crippen molar-refractivity contribution in [2.24, 2.45) is 0 Å². The van der Waals surface area contributed by atoms with Gasteiger partial charge < -0.3 is 4.74 Å². The summed E-state index contributed by atoms with van der Waals surface area (Å²) >= 11 is 0. The summed E-state index contributed by atoms with van der Waals surface area (Å²) in [4.78, 5) is 0. The molecule has 0 fully saturated rings. The van der Waals surface area contributed by atoms with E-state index in [2.05, 4.69) is 46.8 Å². The molecule has 0 atom stereocenters. The van der Waals surface area contributed by atoms with Gasteiger partial charge in [-0.25, -0.2) is 0 Å². The minimum absolute atomic E-state index is 0.210. The Bertz CT molecular complexity index is 358. The molecule has 0 aromatic heterocycles. The van der Waals surface area contributed by atoms with Gasteiger partial charge >= 0.3 is 0 Å². The lowest BCUT2D eigenvalue weighted by atomic mass is 9.80. The minimum atomic E-state index is 0.210. The van der Waals surface area contributed by atoms with Crippen LogP contribution in [-0.2, 0) is 18.3 Å². The van der Waals surface area contributed by atoms with Crippen LogP contribution in [-0.4, -0.2) is 7.11 Å². The first-order chi connectivity index (χ1) is 7.45. The Morgan fingerprint density at radius 3 is 1.94 bits per heavy atom. The van der Waals surface area contributed by atoms with Gasteiger partial charge in [-0.1, -0.05) is 40.7 Å². The van der Waals surface area contributed by atoms with Crippen molar-refractivity contribution >= 4 is 0 Å². The van der Waals surface area contributed by atoms with Gasteiger partial charge in [0.15, 0.2) is 0 Å². The molecule has 0 N–H and O–H groups in total. The molecule has 1 rings (SSSR count). The topological polar surface area (TPSA) is 9.23 Å². The summed E-state index contributed by atoms with van der Waals surface area (Å²) in [7, 11) is 1.75. The van der Waals surface area contributed by atoms with Crippen molar-refractivity contribution in [2.45, 2.75) is 52.9 Å². The Balaban J connectivity index is 3.43. The van der Waals surface area contributed by atoms with E-state index in [1.165, 1.54) is 16.7 Å². The molecule has 16 heavy (non-hydrogen) atoms. The largest absolute Gasteiger partial charge is 0.496 e. The van der Waals surface area contributed by atoms with Crippen LogP contribution in [0, 0.1) is 0 Å². The Hall–Kier alpha value is -0.980. The fraction of sp³-hybridized carbons (Fsp3) is 0.600. The molecule has 0 radical (unpaired) electrons. The maximum absolute atomic E-state index is 5.45. The van der Waals surface area contributed by atoms with Gasteiger partial charge in [0.25, 0.3) is 0 Å². The summed E-state index contributed by atoms with van der Waals surface area (Å²) in [5.41, 5.74) is 4.50. The number of benzene rings is 1. The van der Waals surface area contributed by atoms with Gasteiger partial charge in [-0.2, -0.15) is 0 Å². The van der Waals surface area contributed by atoms with Crippen molar-refractivity contribution in [2.75, 3.05) is 7.11 Å². The molecule has 0 aliphatic carbocycles. The lowest BCUT2D eigenvalue weighted by Gasteiger charge is -2.25. The summed E-state index contributed by atoms with van der Waals surface area (Å²) < 4.78 is 5.45. The summed E-state index contributed by atoms with van der Waals surface area (Å²) in [5, 5.41) is 0. The lowest BCUT2D eigenvalue weighted by Crippen LogP contribution is -2.15. The molecule has 90 valence electrons. The molecule has 0 aliphatic heterocycles. The van der Waals surface area contributed by atoms with Crippen LogP contribution in [0.1, 0.15) is 51.3 Å². The minimum Gasteiger partial charge on any atom is -0.496 e. The molecule has 0 spiro atoms. The molecule has 1 aromatic rings. The molecule has 1 heteroatoms. The highest BCUT2D eigenvalue weighted by Gasteiger charge is 2.20. The molecule has 0 aliphatic rings. The smallest absolute Gasteiger partial charge is 0.122 e. The SMILES string of the molecule is CCc1c(OC)ccc(C(C)(C)C)c1CC. The molecule has 0 heterocycles. The van der Waals surface area contributed by atoms with E-state index in [0.29, 0.717) is 0 Å². The number of rotatable bonds is 3. The van der Waals surface area contributed by atoms with E-state index in [-0.39, 0.29) is 5.41 Å². The summed E-state index contributed by atoms with van der Waals surface area (Å²) in [6, 6.07) is 4.33. The van der Waals surface area contributed by atoms with Crippen molar-refractivity contribution in [3.8, 4) is 5.75 Å². The van der Waals surface area contributed by atoms with Crippen molar-refractivity contribution in [3.63, 3.8) is 0 Å². The number of hydrogen-bond donors (Lipinski definition) is 0. The second kappa shape index (κ2) is 4.90. The third-order valence-electron chi connectivity index (χ3n) is 3.12. The van der Waals surface area contributed by atoms with E-state index in [4.69, 9.17) is 4.74 Å². The monoisotopic (exact) mass is 220 g/mol. The Morgan fingerprint density at radius 2 is 1.56 bits per heavy atom. The van der Waals surface area contributed by atoms with Crippen molar-refractivity contribution < 1.29 is 4.74 Å². The normalized spacial score (nSPS) is 11.6. The van der Waals surface area contributed by atoms with Crippen LogP contribution in [0.2, 0.25) is 0 Å². The number of methoxy groups -OCH3 is 1. The van der Waals surface area contributed by atoms with Crippen molar-refractivity contribution in [1.29, 1.82) is 0 Å². The van der Waals surface area contributed by atoms with E-state index in [0.717, 1.165) is 18.6 Å². The highest BCUT2D eigenvalue weighted by Crippen LogP contribution is 2.33. The van der Waals surface area contributed by atoms with E-state index in [1.807, 2.05) is 0 Å². The molecule has 0 unspecified atom stereocenters. The zero-order valence-electron chi connectivity index (χ0n) is 11.5. The Kier molecular flexibility index (Phi) is 4.01. The maximum Gasteiger partial charge on any atom is 0.122 e. The fourth-order valence-corrected chi connectivity index (χ4v) is 2.36. The van der Waals surface area contributed by atoms with Crippen LogP contribution in [0.3, 0.4) is 0 Å². The van der Waals surface area contributed by atoms with E-state index in [1.54, 1.807) is 7.11 Å². The van der Waals surface area contributed by atoms with Gasteiger partial charge in [-0.15, -0.1) is 0 Å². The van der Waals surface area contributed by atoms with Gasteiger partial charge in [0.05, 0.1) is 7.11 Å². The summed E-state index contributed by atoms with van der Waals surface area (Å²) in [6.45, 7) is 11.2. The lowest BCUT2D eigenvalue weighted by molar-refractivity contribution is 0.408. The Labute approximate surface area is 99.8 Å². The third-order valence-corrected chi connectivity index (χ3v) is 3.12. The quantitative estimate of drug-likeness (QED) is 0.744. The zero-order valence-corrected chi connectivity index (χ0v) is 11.5. The average molecular weight is 220 g/mol. The number of hydrogen-bond acceptors (Lipinski definition) is 1. The average Bonchev–Trinajstić information content (AvgIpc) is 2.25. The second-order valence-electron chi connectivity index (χ2n) is 5.23. The van der Waals surface area contributed by atoms with Gasteiger partial charge in [-0.3, -0.25) is 0 Å². The molecular weight excluding hydrogens is 196 g/mol. The van der Waals surface area contributed by atoms with E-state index in [9.17, 15) is 0 Å². The van der Waals surface area contributed by atoms with Gasteiger partial charge in [0.1, 0.15) is 5.75 Å². The van der Waals surface area contributed by atoms with Crippen molar-refractivity contribution in [1.82, 2.24) is 0 Å². The maximum atomic E-state index is 5.45. The molecule has 0 bridgehead atoms. The van der Waals surface area contributed by atoms with E-state index < -0.39 is 0 Å². The van der Waals surface area contributed by atoms with Crippen LogP contribution < -0.4 is 4.74 Å². The highest BCUT2D eigenvalue weighted by atomic mass is 16.5. The zero-order chi connectivity index (χ0) is 12.3. The summed E-state index contributed by atoms with van der Waals surface area (Å²) in [6.07, 6.45) is 2.11. The molecule has 1 nitrogen and oxygen atoms in total. The van der Waals surface area contributed by atoms with Gasteiger partial charge in [-0.05, 0) is 41.0 Å². The van der Waals surface area contributed by atoms with Crippen LogP contribution in [0.25, 0.3) is 0 Å².